The Labute approximate surface area is 204 Å². The SMILES string of the molecule is COC(=O)CN(Cc1cc(OC)cc(OC)c1)C(=O)c1ccc(C)c(NC(=O)c2ccccc2)c1. The van der Waals surface area contributed by atoms with E-state index in [0.29, 0.717) is 33.9 Å². The Kier molecular flexibility index (Phi) is 8.45. The number of nitrogens with one attached hydrogen (secondary N) is 1. The van der Waals surface area contributed by atoms with Gasteiger partial charge in [-0.3, -0.25) is 14.4 Å². The molecule has 1 N–H and O–H groups in total. The van der Waals surface area contributed by atoms with Gasteiger partial charge >= 0.3 is 5.97 Å². The normalized spacial score (nSPS) is 10.3. The summed E-state index contributed by atoms with van der Waals surface area (Å²) in [5.41, 5.74) is 2.83. The number of aryl methyl sites for hydroxylation is 1. The highest BCUT2D eigenvalue weighted by Gasteiger charge is 2.21. The number of amides is 2. The van der Waals surface area contributed by atoms with E-state index < -0.39 is 11.9 Å². The zero-order valence-corrected chi connectivity index (χ0v) is 20.2. The van der Waals surface area contributed by atoms with Crippen LogP contribution < -0.4 is 14.8 Å². The van der Waals surface area contributed by atoms with Gasteiger partial charge in [-0.15, -0.1) is 0 Å². The maximum atomic E-state index is 13.5. The van der Waals surface area contributed by atoms with Gasteiger partial charge in [0.2, 0.25) is 0 Å². The number of hydrogen-bond donors (Lipinski definition) is 1. The largest absolute Gasteiger partial charge is 0.497 e. The van der Waals surface area contributed by atoms with E-state index in [1.54, 1.807) is 60.7 Å². The number of nitrogens with zero attached hydrogens (tertiary/aromatic N) is 1. The van der Waals surface area contributed by atoms with Gasteiger partial charge in [0.05, 0.1) is 21.3 Å². The summed E-state index contributed by atoms with van der Waals surface area (Å²) in [6, 6.07) is 19.1. The van der Waals surface area contributed by atoms with Crippen molar-refractivity contribution in [3.05, 3.63) is 89.0 Å². The molecule has 0 saturated carbocycles. The van der Waals surface area contributed by atoms with Crippen LogP contribution >= 0.6 is 0 Å². The predicted octanol–water partition coefficient (Wildman–Crippen LogP) is 4.08. The van der Waals surface area contributed by atoms with Crippen LogP contribution in [-0.2, 0) is 16.1 Å². The second-order valence-corrected chi connectivity index (χ2v) is 7.81. The van der Waals surface area contributed by atoms with E-state index in [4.69, 9.17) is 14.2 Å². The first-order valence-corrected chi connectivity index (χ1v) is 10.9. The molecular weight excluding hydrogens is 448 g/mol. The van der Waals surface area contributed by atoms with E-state index >= 15 is 0 Å². The fourth-order valence-corrected chi connectivity index (χ4v) is 3.45. The molecule has 3 aromatic carbocycles. The summed E-state index contributed by atoms with van der Waals surface area (Å²) in [6.45, 7) is 1.69. The first-order valence-electron chi connectivity index (χ1n) is 10.9. The fraction of sp³-hybridized carbons (Fsp3) is 0.222. The van der Waals surface area contributed by atoms with Crippen molar-refractivity contribution < 1.29 is 28.6 Å². The molecule has 0 radical (unpaired) electrons. The van der Waals surface area contributed by atoms with Gasteiger partial charge in [-0.05, 0) is 54.4 Å². The zero-order chi connectivity index (χ0) is 25.4. The van der Waals surface area contributed by atoms with Crippen LogP contribution in [0.4, 0.5) is 5.69 Å². The Morgan fingerprint density at radius 3 is 2.09 bits per heavy atom. The Balaban J connectivity index is 1.89. The maximum absolute atomic E-state index is 13.5. The third kappa shape index (κ3) is 6.60. The molecule has 0 aliphatic heterocycles. The average molecular weight is 477 g/mol. The van der Waals surface area contributed by atoms with Crippen molar-refractivity contribution in [1.82, 2.24) is 4.90 Å². The van der Waals surface area contributed by atoms with Crippen LogP contribution in [0.25, 0.3) is 0 Å². The second kappa shape index (κ2) is 11.7. The van der Waals surface area contributed by atoms with Gasteiger partial charge in [0, 0.05) is 29.4 Å². The van der Waals surface area contributed by atoms with Crippen molar-refractivity contribution in [1.29, 1.82) is 0 Å². The number of carbonyl (C=O) groups is 3. The number of rotatable bonds is 9. The number of anilines is 1. The van der Waals surface area contributed by atoms with Gasteiger partial charge in [-0.25, -0.2) is 0 Å². The van der Waals surface area contributed by atoms with Crippen molar-refractivity contribution in [2.45, 2.75) is 13.5 Å². The first kappa shape index (κ1) is 25.3. The van der Waals surface area contributed by atoms with Crippen molar-refractivity contribution in [2.75, 3.05) is 33.2 Å². The average Bonchev–Trinajstić information content (AvgIpc) is 2.89. The van der Waals surface area contributed by atoms with Gasteiger partial charge in [-0.2, -0.15) is 0 Å². The minimum Gasteiger partial charge on any atom is -0.497 e. The molecule has 3 rings (SSSR count). The molecule has 0 aliphatic rings. The van der Waals surface area contributed by atoms with Crippen LogP contribution in [0.1, 0.15) is 31.8 Å². The number of esters is 1. The van der Waals surface area contributed by atoms with Crippen molar-refractivity contribution in [2.24, 2.45) is 0 Å². The molecule has 182 valence electrons. The number of benzene rings is 3. The number of methoxy groups -OCH3 is 3. The lowest BCUT2D eigenvalue weighted by Gasteiger charge is -2.23. The van der Waals surface area contributed by atoms with E-state index in [1.807, 2.05) is 13.0 Å². The van der Waals surface area contributed by atoms with Crippen molar-refractivity contribution in [3.8, 4) is 11.5 Å². The molecule has 35 heavy (non-hydrogen) atoms. The molecule has 0 bridgehead atoms. The Hall–Kier alpha value is -4.33. The predicted molar refractivity (Wildman–Crippen MR) is 132 cm³/mol. The van der Waals surface area contributed by atoms with E-state index in [-0.39, 0.29) is 19.0 Å². The standard InChI is InChI=1S/C27H28N2O6/c1-18-10-11-21(14-24(18)28-26(31)20-8-6-5-7-9-20)27(32)29(17-25(30)35-4)16-19-12-22(33-2)15-23(13-19)34-3/h5-15H,16-17H2,1-4H3,(H,28,31). The monoisotopic (exact) mass is 476 g/mol. The third-order valence-electron chi connectivity index (χ3n) is 5.39. The van der Waals surface area contributed by atoms with E-state index in [9.17, 15) is 14.4 Å². The molecule has 0 spiro atoms. The summed E-state index contributed by atoms with van der Waals surface area (Å²) < 4.78 is 15.4. The van der Waals surface area contributed by atoms with Crippen molar-refractivity contribution in [3.63, 3.8) is 0 Å². The molecule has 0 saturated heterocycles. The zero-order valence-electron chi connectivity index (χ0n) is 20.2. The molecule has 8 heteroatoms. The van der Waals surface area contributed by atoms with Gasteiger partial charge in [0.1, 0.15) is 18.0 Å². The molecule has 0 atom stereocenters. The van der Waals surface area contributed by atoms with Crippen LogP contribution in [0.5, 0.6) is 11.5 Å². The van der Waals surface area contributed by atoms with Crippen LogP contribution in [0.2, 0.25) is 0 Å². The Bertz CT molecular complexity index is 1190. The fourth-order valence-electron chi connectivity index (χ4n) is 3.45. The maximum Gasteiger partial charge on any atom is 0.325 e. The van der Waals surface area contributed by atoms with Gasteiger partial charge in [0.25, 0.3) is 11.8 Å². The van der Waals surface area contributed by atoms with Gasteiger partial charge in [0.15, 0.2) is 0 Å². The molecule has 2 amide bonds. The van der Waals surface area contributed by atoms with E-state index in [1.165, 1.54) is 26.2 Å². The van der Waals surface area contributed by atoms with E-state index in [0.717, 1.165) is 5.56 Å². The topological polar surface area (TPSA) is 94.2 Å². The van der Waals surface area contributed by atoms with Gasteiger partial charge < -0.3 is 24.4 Å². The van der Waals surface area contributed by atoms with Crippen LogP contribution in [-0.4, -0.2) is 50.6 Å². The summed E-state index contributed by atoms with van der Waals surface area (Å²) in [7, 11) is 4.34. The van der Waals surface area contributed by atoms with Crippen LogP contribution in [0, 0.1) is 6.92 Å². The summed E-state index contributed by atoms with van der Waals surface area (Å²) in [6.07, 6.45) is 0. The van der Waals surface area contributed by atoms with Crippen LogP contribution in [0.15, 0.2) is 66.7 Å². The lowest BCUT2D eigenvalue weighted by molar-refractivity contribution is -0.141. The van der Waals surface area contributed by atoms with E-state index in [2.05, 4.69) is 5.32 Å². The molecule has 0 aliphatic carbocycles. The lowest BCUT2D eigenvalue weighted by Crippen LogP contribution is -2.35. The summed E-state index contributed by atoms with van der Waals surface area (Å²) in [5, 5.41) is 2.86. The third-order valence-corrected chi connectivity index (χ3v) is 5.39. The lowest BCUT2D eigenvalue weighted by atomic mass is 10.1. The summed E-state index contributed by atoms with van der Waals surface area (Å²) in [4.78, 5) is 39.6. The van der Waals surface area contributed by atoms with Gasteiger partial charge in [-0.1, -0.05) is 24.3 Å². The molecule has 0 heterocycles. The number of carbonyl (C=O) groups excluding carboxylic acids is 3. The minimum absolute atomic E-state index is 0.112. The molecule has 0 unspecified atom stereocenters. The quantitative estimate of drug-likeness (QED) is 0.468. The molecule has 0 aromatic heterocycles. The van der Waals surface area contributed by atoms with Crippen molar-refractivity contribution >= 4 is 23.5 Å². The highest BCUT2D eigenvalue weighted by atomic mass is 16.5. The highest BCUT2D eigenvalue weighted by Crippen LogP contribution is 2.25. The van der Waals surface area contributed by atoms with Crippen LogP contribution in [0.3, 0.4) is 0 Å². The molecule has 3 aromatic rings. The summed E-state index contributed by atoms with van der Waals surface area (Å²) >= 11 is 0. The molecule has 0 fully saturated rings. The molecule has 8 nitrogen and oxygen atoms in total. The summed E-state index contributed by atoms with van der Waals surface area (Å²) in [5.74, 6) is -0.115. The highest BCUT2D eigenvalue weighted by molar-refractivity contribution is 6.05. The second-order valence-electron chi connectivity index (χ2n) is 7.81. The Morgan fingerprint density at radius 1 is 0.829 bits per heavy atom. The first-order chi connectivity index (χ1) is 16.8. The molecular formula is C27H28N2O6. The number of ether oxygens (including phenoxy) is 3. The smallest absolute Gasteiger partial charge is 0.325 e. The number of hydrogen-bond acceptors (Lipinski definition) is 6. The Morgan fingerprint density at radius 2 is 1.49 bits per heavy atom. The minimum atomic E-state index is -0.557.